The van der Waals surface area contributed by atoms with E-state index in [2.05, 4.69) is 17.3 Å². The summed E-state index contributed by atoms with van der Waals surface area (Å²) in [5, 5.41) is 11.1. The Kier molecular flexibility index (Phi) is 16.3. The zero-order valence-corrected chi connectivity index (χ0v) is 26.6. The van der Waals surface area contributed by atoms with E-state index in [0.29, 0.717) is 24.1 Å². The van der Waals surface area contributed by atoms with E-state index in [4.69, 9.17) is 14.6 Å². The average molecular weight is 586 g/mol. The maximum absolute atomic E-state index is 12.0. The molecule has 2 N–H and O–H groups in total. The number of benzene rings is 2. The minimum Gasteiger partial charge on any atom is -0.508 e. The molecule has 0 saturated carbocycles. The molecule has 2 saturated heterocycles. The Morgan fingerprint density at radius 2 is 1.52 bits per heavy atom. The largest absolute Gasteiger partial charge is 0.508 e. The smallest absolute Gasteiger partial charge is 0.410 e. The number of nitrogens with zero attached hydrogens (tertiary/aromatic N) is 2. The Morgan fingerprint density at radius 3 is 2.00 bits per heavy atom. The lowest BCUT2D eigenvalue weighted by atomic mass is 10.1. The predicted molar refractivity (Wildman–Crippen MR) is 166 cm³/mol. The third kappa shape index (κ3) is 13.4. The minimum atomic E-state index is -0.570. The number of para-hydroxylation sites is 1. The first-order valence-corrected chi connectivity index (χ1v) is 14.8. The van der Waals surface area contributed by atoms with Crippen LogP contribution in [0.3, 0.4) is 0 Å². The Morgan fingerprint density at radius 1 is 0.976 bits per heavy atom. The fraction of sp³-hybridized carbons (Fsp3) is 0.545. The number of fused-ring (bicyclic) bond motifs is 1. The van der Waals surface area contributed by atoms with Crippen LogP contribution >= 0.6 is 0 Å². The highest BCUT2D eigenvalue weighted by atomic mass is 16.6. The lowest BCUT2D eigenvalue weighted by Crippen LogP contribution is -2.41. The number of phenols is 1. The normalized spacial score (nSPS) is 18.1. The van der Waals surface area contributed by atoms with E-state index in [1.807, 2.05) is 89.8 Å². The minimum absolute atomic E-state index is 0.0526. The van der Waals surface area contributed by atoms with Crippen LogP contribution in [-0.2, 0) is 20.9 Å². The molecule has 2 aliphatic rings. The number of likely N-dealkylation sites (tertiary alicyclic amines) is 2. The summed E-state index contributed by atoms with van der Waals surface area (Å²) in [6.45, 7) is 15.6. The van der Waals surface area contributed by atoms with Gasteiger partial charge in [-0.25, -0.2) is 9.59 Å². The number of rotatable bonds is 5. The van der Waals surface area contributed by atoms with Crippen LogP contribution in [0.4, 0.5) is 9.59 Å². The maximum atomic E-state index is 12.0. The van der Waals surface area contributed by atoms with E-state index in [0.717, 1.165) is 31.5 Å². The molecule has 0 aliphatic carbocycles. The molecule has 42 heavy (non-hydrogen) atoms. The van der Waals surface area contributed by atoms with Crippen molar-refractivity contribution >= 4 is 18.5 Å². The fourth-order valence-electron chi connectivity index (χ4n) is 4.44. The maximum Gasteiger partial charge on any atom is 0.410 e. The molecule has 2 aromatic rings. The van der Waals surface area contributed by atoms with Gasteiger partial charge in [0.25, 0.3) is 0 Å². The number of ether oxygens (including phenoxy) is 2. The Balaban J connectivity index is 0.000000327. The molecule has 0 radical (unpaired) electrons. The standard InChI is InChI=1S/C13H17NO3.C12H22N2O2.C6H6O.C2H6/c1-10(2)12(8-15)14-13(16)17-9-11-6-4-3-5-7-11;1-12(2,3)16-11(15)14-8-6-9-10(14)5-7-13(9)4;7-6-4-2-1-3-5-6;1-2/h3-8,10,12H,9H2,1-2H3,(H,14,16);9-10H,5-8H2,1-4H3;1-5,7H;1-2H3/t;9-,10-;;/m.1../s1. The van der Waals surface area contributed by atoms with Crippen LogP contribution in [0.5, 0.6) is 5.75 Å². The van der Waals surface area contributed by atoms with E-state index >= 15 is 0 Å². The zero-order valence-electron chi connectivity index (χ0n) is 26.6. The van der Waals surface area contributed by atoms with Gasteiger partial charge in [0, 0.05) is 19.1 Å². The predicted octanol–water partition coefficient (Wildman–Crippen LogP) is 6.25. The van der Waals surface area contributed by atoms with Gasteiger partial charge in [-0.05, 0) is 64.3 Å². The van der Waals surface area contributed by atoms with E-state index in [1.165, 1.54) is 0 Å². The van der Waals surface area contributed by atoms with Crippen molar-refractivity contribution in [2.75, 3.05) is 20.1 Å². The molecule has 0 spiro atoms. The van der Waals surface area contributed by atoms with Gasteiger partial charge in [0.2, 0.25) is 0 Å². The molecule has 2 aromatic carbocycles. The molecule has 2 amide bonds. The first kappa shape index (κ1) is 36.4. The zero-order chi connectivity index (χ0) is 31.7. The number of alkyl carbamates (subject to hydrolysis) is 1. The highest BCUT2D eigenvalue weighted by Crippen LogP contribution is 2.31. The summed E-state index contributed by atoms with van der Waals surface area (Å²) < 4.78 is 10.4. The van der Waals surface area contributed by atoms with Crippen LogP contribution in [0.1, 0.15) is 66.9 Å². The van der Waals surface area contributed by atoms with E-state index in [1.54, 1.807) is 24.3 Å². The Bertz CT molecular complexity index is 1040. The van der Waals surface area contributed by atoms with Gasteiger partial charge >= 0.3 is 12.2 Å². The lowest BCUT2D eigenvalue weighted by molar-refractivity contribution is -0.110. The summed E-state index contributed by atoms with van der Waals surface area (Å²) in [5.41, 5.74) is 0.523. The molecular weight excluding hydrogens is 534 g/mol. The third-order valence-corrected chi connectivity index (χ3v) is 6.60. The van der Waals surface area contributed by atoms with E-state index in [-0.39, 0.29) is 24.2 Å². The molecule has 9 nitrogen and oxygen atoms in total. The molecule has 2 aliphatic heterocycles. The molecule has 2 heterocycles. The number of amides is 2. The number of carbonyl (C=O) groups is 3. The second kappa shape index (κ2) is 18.8. The highest BCUT2D eigenvalue weighted by molar-refractivity contribution is 5.73. The number of likely N-dealkylation sites (N-methyl/N-ethyl adjacent to an activating group) is 1. The van der Waals surface area contributed by atoms with Gasteiger partial charge in [-0.3, -0.25) is 0 Å². The monoisotopic (exact) mass is 585 g/mol. The summed E-state index contributed by atoms with van der Waals surface area (Å²) in [7, 11) is 2.14. The summed E-state index contributed by atoms with van der Waals surface area (Å²) in [6.07, 6.45) is 2.17. The van der Waals surface area contributed by atoms with Gasteiger partial charge in [-0.1, -0.05) is 76.2 Å². The number of aromatic hydroxyl groups is 1. The van der Waals surface area contributed by atoms with Crippen molar-refractivity contribution in [3.63, 3.8) is 0 Å². The van der Waals surface area contributed by atoms with Crippen LogP contribution in [0.25, 0.3) is 0 Å². The van der Waals surface area contributed by atoms with Gasteiger partial charge in [0.05, 0.1) is 12.1 Å². The Hall–Kier alpha value is -3.59. The number of hydrogen-bond acceptors (Lipinski definition) is 7. The average Bonchev–Trinajstić information content (AvgIpc) is 3.55. The van der Waals surface area contributed by atoms with Gasteiger partial charge in [0.1, 0.15) is 24.2 Å². The number of nitrogens with one attached hydrogen (secondary N) is 1. The molecule has 234 valence electrons. The van der Waals surface area contributed by atoms with Crippen LogP contribution in [-0.4, -0.2) is 77.2 Å². The summed E-state index contributed by atoms with van der Waals surface area (Å²) >= 11 is 0. The molecule has 4 rings (SSSR count). The number of hydrogen-bond donors (Lipinski definition) is 2. The lowest BCUT2D eigenvalue weighted by Gasteiger charge is -2.28. The van der Waals surface area contributed by atoms with Crippen molar-refractivity contribution in [2.45, 2.75) is 91.6 Å². The first-order chi connectivity index (χ1) is 19.9. The van der Waals surface area contributed by atoms with Crippen LogP contribution in [0.2, 0.25) is 0 Å². The van der Waals surface area contributed by atoms with Crippen molar-refractivity contribution in [1.29, 1.82) is 0 Å². The number of phenolic OH excluding ortho intramolecular Hbond substituents is 1. The Labute approximate surface area is 252 Å². The molecule has 9 heteroatoms. The van der Waals surface area contributed by atoms with Crippen molar-refractivity contribution in [3.05, 3.63) is 66.2 Å². The topological polar surface area (TPSA) is 108 Å². The van der Waals surface area contributed by atoms with Gasteiger partial charge in [-0.15, -0.1) is 0 Å². The molecule has 0 aromatic heterocycles. The molecular formula is C33H51N3O6. The quantitative estimate of drug-likeness (QED) is 0.399. The second-order valence-electron chi connectivity index (χ2n) is 11.3. The SMILES string of the molecule is CC.CC(C)C(C=O)NC(=O)OCc1ccccc1.CN1CC[C@@H]2[C@H]1CCN2C(=O)OC(C)(C)C.Oc1ccccc1. The summed E-state index contributed by atoms with van der Waals surface area (Å²) in [6, 6.07) is 18.5. The third-order valence-electron chi connectivity index (χ3n) is 6.60. The van der Waals surface area contributed by atoms with Crippen molar-refractivity contribution in [1.82, 2.24) is 15.1 Å². The molecule has 2 fully saturated rings. The second-order valence-corrected chi connectivity index (χ2v) is 11.3. The summed E-state index contributed by atoms with van der Waals surface area (Å²) in [4.78, 5) is 38.4. The molecule has 1 unspecified atom stereocenters. The number of aldehydes is 1. The van der Waals surface area contributed by atoms with Crippen LogP contribution in [0.15, 0.2) is 60.7 Å². The van der Waals surface area contributed by atoms with E-state index in [9.17, 15) is 14.4 Å². The molecule has 0 bridgehead atoms. The van der Waals surface area contributed by atoms with Crippen molar-refractivity contribution in [2.24, 2.45) is 5.92 Å². The van der Waals surface area contributed by atoms with Gasteiger partial charge in [0.15, 0.2) is 0 Å². The van der Waals surface area contributed by atoms with E-state index < -0.39 is 12.1 Å². The van der Waals surface area contributed by atoms with Gasteiger partial charge < -0.3 is 34.5 Å². The van der Waals surface area contributed by atoms with Crippen molar-refractivity contribution < 1.29 is 29.0 Å². The molecule has 3 atom stereocenters. The first-order valence-electron chi connectivity index (χ1n) is 14.8. The fourth-order valence-corrected chi connectivity index (χ4v) is 4.44. The van der Waals surface area contributed by atoms with Crippen LogP contribution < -0.4 is 5.32 Å². The summed E-state index contributed by atoms with van der Waals surface area (Å²) in [5.74, 6) is 0.374. The van der Waals surface area contributed by atoms with Gasteiger partial charge in [-0.2, -0.15) is 0 Å². The van der Waals surface area contributed by atoms with Crippen LogP contribution in [0, 0.1) is 5.92 Å². The van der Waals surface area contributed by atoms with Crippen molar-refractivity contribution in [3.8, 4) is 5.75 Å². The highest BCUT2D eigenvalue weighted by Gasteiger charge is 2.44. The number of carbonyl (C=O) groups excluding carboxylic acids is 3.